The van der Waals surface area contributed by atoms with E-state index in [0.717, 1.165) is 6.07 Å². The zero-order chi connectivity index (χ0) is 16.7. The Morgan fingerprint density at radius 2 is 1.83 bits per heavy atom. The summed E-state index contributed by atoms with van der Waals surface area (Å²) in [4.78, 5) is 11.7. The minimum absolute atomic E-state index is 0.169. The molecule has 0 atom stereocenters. The molecule has 3 nitrogen and oxygen atoms in total. The lowest BCUT2D eigenvalue weighted by molar-refractivity contribution is -0.121. The molecule has 0 aliphatic heterocycles. The highest BCUT2D eigenvalue weighted by Gasteiger charge is 2.05. The van der Waals surface area contributed by atoms with Crippen LogP contribution in [0.3, 0.4) is 0 Å². The second-order valence-electron chi connectivity index (χ2n) is 4.91. The zero-order valence-electron chi connectivity index (χ0n) is 12.3. The van der Waals surface area contributed by atoms with Gasteiger partial charge in [-0.3, -0.25) is 4.79 Å². The van der Waals surface area contributed by atoms with Crippen molar-refractivity contribution in [3.8, 4) is 5.75 Å². The van der Waals surface area contributed by atoms with Crippen LogP contribution in [0.2, 0.25) is 5.02 Å². The maximum atomic E-state index is 13.0. The third-order valence-corrected chi connectivity index (χ3v) is 3.39. The topological polar surface area (TPSA) is 38.3 Å². The molecule has 2 aromatic carbocycles. The number of para-hydroxylation sites is 1. The normalized spacial score (nSPS) is 10.4. The average Bonchev–Trinajstić information content (AvgIpc) is 2.48. The largest absolute Gasteiger partial charge is 0.491 e. The molecule has 6 heteroatoms. The van der Waals surface area contributed by atoms with Crippen LogP contribution in [0.15, 0.2) is 42.5 Å². The highest BCUT2D eigenvalue weighted by molar-refractivity contribution is 6.32. The van der Waals surface area contributed by atoms with E-state index in [1.165, 1.54) is 12.1 Å². The van der Waals surface area contributed by atoms with Gasteiger partial charge >= 0.3 is 0 Å². The molecule has 0 unspecified atom stereocenters. The van der Waals surface area contributed by atoms with Crippen molar-refractivity contribution in [1.82, 2.24) is 5.32 Å². The van der Waals surface area contributed by atoms with E-state index in [4.69, 9.17) is 16.3 Å². The maximum absolute atomic E-state index is 13.0. The summed E-state index contributed by atoms with van der Waals surface area (Å²) in [6.07, 6.45) is 0.522. The Bertz CT molecular complexity index is 659. The first-order valence-corrected chi connectivity index (χ1v) is 7.51. The van der Waals surface area contributed by atoms with E-state index in [9.17, 15) is 13.6 Å². The van der Waals surface area contributed by atoms with Crippen LogP contribution in [-0.4, -0.2) is 19.1 Å². The van der Waals surface area contributed by atoms with E-state index in [0.29, 0.717) is 29.3 Å². The van der Waals surface area contributed by atoms with E-state index in [2.05, 4.69) is 5.32 Å². The molecule has 0 saturated carbocycles. The Morgan fingerprint density at radius 3 is 2.52 bits per heavy atom. The molecule has 1 amide bonds. The Morgan fingerprint density at radius 1 is 1.13 bits per heavy atom. The van der Waals surface area contributed by atoms with Crippen molar-refractivity contribution in [3.63, 3.8) is 0 Å². The quantitative estimate of drug-likeness (QED) is 0.834. The van der Waals surface area contributed by atoms with Crippen LogP contribution < -0.4 is 10.1 Å². The van der Waals surface area contributed by atoms with Gasteiger partial charge in [0.15, 0.2) is 0 Å². The molecule has 0 aliphatic carbocycles. The number of hydrogen-bond acceptors (Lipinski definition) is 2. The molecule has 23 heavy (non-hydrogen) atoms. The van der Waals surface area contributed by atoms with Crippen molar-refractivity contribution in [2.24, 2.45) is 0 Å². The molecule has 122 valence electrons. The summed E-state index contributed by atoms with van der Waals surface area (Å²) in [5.41, 5.74) is 0.495. The van der Waals surface area contributed by atoms with Gasteiger partial charge in [0.2, 0.25) is 5.91 Å². The first-order valence-electron chi connectivity index (χ1n) is 7.13. The van der Waals surface area contributed by atoms with Crippen molar-refractivity contribution >= 4 is 17.5 Å². The second kappa shape index (κ2) is 8.48. The highest BCUT2D eigenvalue weighted by Crippen LogP contribution is 2.22. The van der Waals surface area contributed by atoms with Gasteiger partial charge in [-0.05, 0) is 36.2 Å². The van der Waals surface area contributed by atoms with Crippen molar-refractivity contribution in [2.45, 2.75) is 12.8 Å². The van der Waals surface area contributed by atoms with E-state index < -0.39 is 11.6 Å². The Hall–Kier alpha value is -2.14. The Balaban J connectivity index is 1.68. The van der Waals surface area contributed by atoms with Crippen molar-refractivity contribution in [3.05, 3.63) is 64.7 Å². The molecule has 0 aromatic heterocycles. The number of hydrogen-bond donors (Lipinski definition) is 1. The van der Waals surface area contributed by atoms with Gasteiger partial charge in [0.05, 0.1) is 18.1 Å². The molecular weight excluding hydrogens is 324 g/mol. The lowest BCUT2D eigenvalue weighted by Gasteiger charge is -2.08. The van der Waals surface area contributed by atoms with Crippen LogP contribution in [0, 0.1) is 11.6 Å². The summed E-state index contributed by atoms with van der Waals surface area (Å²) in [5, 5.41) is 3.16. The summed E-state index contributed by atoms with van der Waals surface area (Å²) in [7, 11) is 0. The monoisotopic (exact) mass is 339 g/mol. The summed E-state index contributed by atoms with van der Waals surface area (Å²) >= 11 is 5.93. The molecule has 0 fully saturated rings. The van der Waals surface area contributed by atoms with E-state index in [1.54, 1.807) is 24.3 Å². The van der Waals surface area contributed by atoms with Crippen LogP contribution in [0.25, 0.3) is 0 Å². The Labute approximate surface area is 138 Å². The van der Waals surface area contributed by atoms with Gasteiger partial charge < -0.3 is 10.1 Å². The summed E-state index contributed by atoms with van der Waals surface area (Å²) in [6.45, 7) is 0.498. The molecule has 0 aliphatic rings. The predicted molar refractivity (Wildman–Crippen MR) is 84.6 cm³/mol. The van der Waals surface area contributed by atoms with Crippen molar-refractivity contribution < 1.29 is 18.3 Å². The molecule has 1 N–H and O–H groups in total. The standard InChI is InChI=1S/C17H16ClF2NO2/c18-15-3-1-2-4-16(15)23-8-6-17(22)21-7-5-12-9-13(19)11-14(20)10-12/h1-4,9-11H,5-8H2,(H,21,22). The van der Waals surface area contributed by atoms with Gasteiger partial charge in [0.25, 0.3) is 0 Å². The number of nitrogens with one attached hydrogen (secondary N) is 1. The number of halogens is 3. The summed E-state index contributed by atoms with van der Waals surface area (Å²) in [6, 6.07) is 10.3. The summed E-state index contributed by atoms with van der Waals surface area (Å²) < 4.78 is 31.5. The number of carbonyl (C=O) groups is 1. The maximum Gasteiger partial charge on any atom is 0.223 e. The fourth-order valence-corrected chi connectivity index (χ4v) is 2.20. The minimum atomic E-state index is -0.625. The van der Waals surface area contributed by atoms with Crippen molar-refractivity contribution in [1.29, 1.82) is 0 Å². The molecule has 2 aromatic rings. The van der Waals surface area contributed by atoms with Gasteiger partial charge in [-0.15, -0.1) is 0 Å². The van der Waals surface area contributed by atoms with Crippen LogP contribution in [0.1, 0.15) is 12.0 Å². The Kier molecular flexibility index (Phi) is 6.35. The van der Waals surface area contributed by atoms with E-state index in [-0.39, 0.29) is 18.9 Å². The number of ether oxygens (including phenoxy) is 1. The molecule has 0 spiro atoms. The van der Waals surface area contributed by atoms with Crippen molar-refractivity contribution in [2.75, 3.05) is 13.2 Å². The fraction of sp³-hybridized carbons (Fsp3) is 0.235. The second-order valence-corrected chi connectivity index (χ2v) is 5.31. The third kappa shape index (κ3) is 5.87. The molecular formula is C17H16ClF2NO2. The van der Waals surface area contributed by atoms with E-state index in [1.807, 2.05) is 0 Å². The SMILES string of the molecule is O=C(CCOc1ccccc1Cl)NCCc1cc(F)cc(F)c1. The van der Waals surface area contributed by atoms with Crippen LogP contribution in [0.4, 0.5) is 8.78 Å². The van der Waals surface area contributed by atoms with Gasteiger partial charge in [0, 0.05) is 12.6 Å². The lowest BCUT2D eigenvalue weighted by atomic mass is 10.1. The first-order chi connectivity index (χ1) is 11.0. The molecule has 0 bridgehead atoms. The van der Waals surface area contributed by atoms with Gasteiger partial charge in [-0.25, -0.2) is 8.78 Å². The van der Waals surface area contributed by atoms with Gasteiger partial charge in [-0.2, -0.15) is 0 Å². The third-order valence-electron chi connectivity index (χ3n) is 3.08. The molecule has 0 radical (unpaired) electrons. The van der Waals surface area contributed by atoms with Gasteiger partial charge in [0.1, 0.15) is 17.4 Å². The molecule has 0 heterocycles. The predicted octanol–water partition coefficient (Wildman–Crippen LogP) is 3.75. The van der Waals surface area contributed by atoms with Gasteiger partial charge in [-0.1, -0.05) is 23.7 Å². The molecule has 2 rings (SSSR count). The fourth-order valence-electron chi connectivity index (χ4n) is 2.01. The zero-order valence-corrected chi connectivity index (χ0v) is 13.1. The smallest absolute Gasteiger partial charge is 0.223 e. The van der Waals surface area contributed by atoms with Crippen LogP contribution in [-0.2, 0) is 11.2 Å². The number of carbonyl (C=O) groups excluding carboxylic acids is 1. The van der Waals surface area contributed by atoms with E-state index >= 15 is 0 Å². The summed E-state index contributed by atoms with van der Waals surface area (Å²) in [5.74, 6) is -0.926. The number of rotatable bonds is 7. The average molecular weight is 340 g/mol. The van der Waals surface area contributed by atoms with Crippen LogP contribution in [0.5, 0.6) is 5.75 Å². The number of benzene rings is 2. The highest BCUT2D eigenvalue weighted by atomic mass is 35.5. The first kappa shape index (κ1) is 17.2. The minimum Gasteiger partial charge on any atom is -0.491 e. The molecule has 0 saturated heterocycles. The number of amides is 1. The lowest BCUT2D eigenvalue weighted by Crippen LogP contribution is -2.27. The van der Waals surface area contributed by atoms with Crippen LogP contribution >= 0.6 is 11.6 Å².